The van der Waals surface area contributed by atoms with Gasteiger partial charge in [0.1, 0.15) is 5.00 Å². The summed E-state index contributed by atoms with van der Waals surface area (Å²) in [7, 11) is 0. The van der Waals surface area contributed by atoms with E-state index >= 15 is 0 Å². The topological polar surface area (TPSA) is 84.5 Å². The van der Waals surface area contributed by atoms with E-state index in [1.807, 2.05) is 31.2 Å². The SMILES string of the molecule is CCCCC(=O)Nc1cccc(SC(CC)C(=O)Nc2sc3c(c2C(=O)OCC)CCCCCC3)c1. The molecule has 8 heteroatoms. The number of unbranched alkanes of at least 4 members (excludes halogenated alkanes) is 1. The molecule has 0 fully saturated rings. The van der Waals surface area contributed by atoms with Crippen LogP contribution < -0.4 is 10.6 Å². The molecule has 1 aliphatic rings. The Morgan fingerprint density at radius 1 is 1.06 bits per heavy atom. The number of benzene rings is 1. The lowest BCUT2D eigenvalue weighted by Crippen LogP contribution is -2.25. The summed E-state index contributed by atoms with van der Waals surface area (Å²) in [5.41, 5.74) is 2.34. The number of amides is 2. The highest BCUT2D eigenvalue weighted by Gasteiger charge is 2.28. The van der Waals surface area contributed by atoms with E-state index in [0.717, 1.165) is 61.1 Å². The molecule has 0 spiro atoms. The lowest BCUT2D eigenvalue weighted by molar-refractivity contribution is -0.116. The third-order valence-corrected chi connectivity index (χ3v) is 8.77. The summed E-state index contributed by atoms with van der Waals surface area (Å²) in [4.78, 5) is 40.5. The Labute approximate surface area is 223 Å². The zero-order chi connectivity index (χ0) is 25.9. The van der Waals surface area contributed by atoms with Crippen molar-refractivity contribution in [3.8, 4) is 0 Å². The average Bonchev–Trinajstić information content (AvgIpc) is 3.17. The molecule has 1 aromatic heterocycles. The van der Waals surface area contributed by atoms with Crippen molar-refractivity contribution in [1.82, 2.24) is 0 Å². The fourth-order valence-corrected chi connectivity index (χ4v) is 6.61. The highest BCUT2D eigenvalue weighted by Crippen LogP contribution is 2.38. The number of hydrogen-bond donors (Lipinski definition) is 2. The zero-order valence-corrected chi connectivity index (χ0v) is 23.2. The summed E-state index contributed by atoms with van der Waals surface area (Å²) in [6.45, 7) is 6.14. The molecule has 2 amide bonds. The van der Waals surface area contributed by atoms with Gasteiger partial charge in [0.15, 0.2) is 0 Å². The molecule has 1 heterocycles. The minimum Gasteiger partial charge on any atom is -0.462 e. The minimum atomic E-state index is -0.349. The first-order valence-electron chi connectivity index (χ1n) is 13.2. The fraction of sp³-hybridized carbons (Fsp3) is 0.536. The molecule has 36 heavy (non-hydrogen) atoms. The maximum atomic E-state index is 13.4. The molecule has 0 radical (unpaired) electrons. The number of thioether (sulfide) groups is 1. The molecular weight excluding hydrogens is 492 g/mol. The Bertz CT molecular complexity index is 1050. The highest BCUT2D eigenvalue weighted by molar-refractivity contribution is 8.00. The number of fused-ring (bicyclic) bond motifs is 1. The van der Waals surface area contributed by atoms with Crippen molar-refractivity contribution in [3.63, 3.8) is 0 Å². The van der Waals surface area contributed by atoms with Crippen LogP contribution >= 0.6 is 23.1 Å². The first-order valence-corrected chi connectivity index (χ1v) is 14.8. The number of rotatable bonds is 11. The molecule has 0 saturated carbocycles. The molecule has 2 N–H and O–H groups in total. The highest BCUT2D eigenvalue weighted by atomic mass is 32.2. The Balaban J connectivity index is 1.76. The molecule has 1 aliphatic carbocycles. The number of aryl methyl sites for hydroxylation is 1. The van der Waals surface area contributed by atoms with E-state index in [0.29, 0.717) is 30.0 Å². The van der Waals surface area contributed by atoms with Crippen molar-refractivity contribution in [1.29, 1.82) is 0 Å². The molecule has 2 aromatic rings. The minimum absolute atomic E-state index is 0.00328. The molecule has 0 saturated heterocycles. The fourth-order valence-electron chi connectivity index (χ4n) is 4.31. The van der Waals surface area contributed by atoms with Crippen LogP contribution in [0.15, 0.2) is 29.2 Å². The van der Waals surface area contributed by atoms with Gasteiger partial charge in [-0.25, -0.2) is 4.79 Å². The second-order valence-electron chi connectivity index (χ2n) is 9.03. The molecule has 1 unspecified atom stereocenters. The molecule has 6 nitrogen and oxygen atoms in total. The Morgan fingerprint density at radius 3 is 2.56 bits per heavy atom. The van der Waals surface area contributed by atoms with Gasteiger partial charge in [0, 0.05) is 21.9 Å². The number of hydrogen-bond acceptors (Lipinski definition) is 6. The van der Waals surface area contributed by atoms with Gasteiger partial charge in [0.05, 0.1) is 17.4 Å². The van der Waals surface area contributed by atoms with Gasteiger partial charge in [-0.2, -0.15) is 0 Å². The van der Waals surface area contributed by atoms with Crippen LogP contribution in [-0.4, -0.2) is 29.6 Å². The molecule has 0 aliphatic heterocycles. The number of carbonyl (C=O) groups is 3. The van der Waals surface area contributed by atoms with Crippen LogP contribution in [-0.2, 0) is 27.2 Å². The zero-order valence-electron chi connectivity index (χ0n) is 21.6. The van der Waals surface area contributed by atoms with Crippen molar-refractivity contribution in [3.05, 3.63) is 40.3 Å². The molecule has 3 rings (SSSR count). The second-order valence-corrected chi connectivity index (χ2v) is 11.4. The lowest BCUT2D eigenvalue weighted by Gasteiger charge is -2.16. The smallest absolute Gasteiger partial charge is 0.341 e. The van der Waals surface area contributed by atoms with Crippen LogP contribution in [0.3, 0.4) is 0 Å². The number of anilines is 2. The van der Waals surface area contributed by atoms with Crippen LogP contribution in [0.5, 0.6) is 0 Å². The number of ether oxygens (including phenoxy) is 1. The number of carbonyl (C=O) groups excluding carboxylic acids is 3. The van der Waals surface area contributed by atoms with Crippen molar-refractivity contribution in [2.24, 2.45) is 0 Å². The predicted octanol–water partition coefficient (Wildman–Crippen LogP) is 7.22. The van der Waals surface area contributed by atoms with E-state index in [-0.39, 0.29) is 23.0 Å². The summed E-state index contributed by atoms with van der Waals surface area (Å²) in [6.07, 6.45) is 9.24. The summed E-state index contributed by atoms with van der Waals surface area (Å²) in [6, 6.07) is 7.61. The van der Waals surface area contributed by atoms with Gasteiger partial charge in [-0.05, 0) is 69.2 Å². The van der Waals surface area contributed by atoms with Gasteiger partial charge in [-0.15, -0.1) is 23.1 Å². The van der Waals surface area contributed by atoms with Gasteiger partial charge in [0.2, 0.25) is 11.8 Å². The van der Waals surface area contributed by atoms with E-state index in [1.54, 1.807) is 6.92 Å². The van der Waals surface area contributed by atoms with E-state index in [4.69, 9.17) is 4.74 Å². The van der Waals surface area contributed by atoms with Gasteiger partial charge < -0.3 is 15.4 Å². The van der Waals surface area contributed by atoms with Crippen molar-refractivity contribution in [2.75, 3.05) is 17.2 Å². The van der Waals surface area contributed by atoms with E-state index < -0.39 is 0 Å². The second kappa shape index (κ2) is 14.4. The standard InChI is InChI=1S/C28H38N2O4S2/c1-4-7-17-24(31)29-19-13-12-14-20(18-19)35-22(5-2)26(32)30-27-25(28(33)34-6-3)21-15-10-8-9-11-16-23(21)36-27/h12-14,18,22H,4-11,15-17H2,1-3H3,(H,29,31)(H,30,32). The van der Waals surface area contributed by atoms with Crippen molar-refractivity contribution >= 4 is 51.6 Å². The summed E-state index contributed by atoms with van der Waals surface area (Å²) in [5, 5.41) is 6.30. The normalized spacial score (nSPS) is 14.2. The van der Waals surface area contributed by atoms with E-state index in [9.17, 15) is 14.4 Å². The van der Waals surface area contributed by atoms with Crippen molar-refractivity contribution < 1.29 is 19.1 Å². The molecule has 1 atom stereocenters. The number of esters is 1. The van der Waals surface area contributed by atoms with Gasteiger partial charge in [-0.3, -0.25) is 9.59 Å². The van der Waals surface area contributed by atoms with Crippen molar-refractivity contribution in [2.45, 2.75) is 95.1 Å². The third kappa shape index (κ3) is 7.84. The lowest BCUT2D eigenvalue weighted by atomic mass is 9.96. The molecular formula is C28H38N2O4S2. The Kier molecular flexibility index (Phi) is 11.3. The molecule has 196 valence electrons. The molecule has 1 aromatic carbocycles. The van der Waals surface area contributed by atoms with Crippen LogP contribution in [0, 0.1) is 0 Å². The van der Waals surface area contributed by atoms with Gasteiger partial charge in [0.25, 0.3) is 0 Å². The number of nitrogens with one attached hydrogen (secondary N) is 2. The first kappa shape index (κ1) is 28.3. The van der Waals surface area contributed by atoms with Crippen LogP contribution in [0.25, 0.3) is 0 Å². The average molecular weight is 531 g/mol. The van der Waals surface area contributed by atoms with Crippen LogP contribution in [0.4, 0.5) is 10.7 Å². The van der Waals surface area contributed by atoms with Crippen LogP contribution in [0.1, 0.15) is 92.9 Å². The third-order valence-electron chi connectivity index (χ3n) is 6.20. The first-order chi connectivity index (χ1) is 17.5. The maximum absolute atomic E-state index is 13.4. The monoisotopic (exact) mass is 530 g/mol. The predicted molar refractivity (Wildman–Crippen MR) is 149 cm³/mol. The van der Waals surface area contributed by atoms with Gasteiger partial charge in [-0.1, -0.05) is 39.2 Å². The largest absolute Gasteiger partial charge is 0.462 e. The van der Waals surface area contributed by atoms with E-state index in [2.05, 4.69) is 17.6 Å². The quantitative estimate of drug-likeness (QED) is 0.237. The summed E-state index contributed by atoms with van der Waals surface area (Å²) in [5.74, 6) is -0.471. The Morgan fingerprint density at radius 2 is 1.83 bits per heavy atom. The summed E-state index contributed by atoms with van der Waals surface area (Å²) >= 11 is 2.99. The van der Waals surface area contributed by atoms with Crippen LogP contribution in [0.2, 0.25) is 0 Å². The van der Waals surface area contributed by atoms with Gasteiger partial charge >= 0.3 is 5.97 Å². The maximum Gasteiger partial charge on any atom is 0.341 e. The number of thiophene rings is 1. The Hall–Kier alpha value is -2.32. The summed E-state index contributed by atoms with van der Waals surface area (Å²) < 4.78 is 5.38. The molecule has 0 bridgehead atoms. The van der Waals surface area contributed by atoms with E-state index in [1.165, 1.54) is 34.4 Å².